The molecule has 0 bridgehead atoms. The van der Waals surface area contributed by atoms with Crippen LogP contribution in [0.1, 0.15) is 42.0 Å². The molecular weight excluding hydrogens is 274 g/mol. The third kappa shape index (κ3) is 4.07. The number of hydrogen-bond donors (Lipinski definition) is 0. The second-order valence-electron chi connectivity index (χ2n) is 5.16. The Labute approximate surface area is 124 Å². The number of carbonyl (C=O) groups is 2. The number of furan rings is 1. The molecule has 0 N–H and O–H groups in total. The molecule has 1 aliphatic heterocycles. The average molecular weight is 295 g/mol. The quantitative estimate of drug-likeness (QED) is 0.774. The zero-order valence-corrected chi connectivity index (χ0v) is 12.5. The molecule has 1 aliphatic rings. The second kappa shape index (κ2) is 7.26. The van der Waals surface area contributed by atoms with Crippen molar-refractivity contribution in [2.24, 2.45) is 0 Å². The molecule has 21 heavy (non-hydrogen) atoms. The Morgan fingerprint density at radius 2 is 2.10 bits per heavy atom. The number of rotatable bonds is 5. The van der Waals surface area contributed by atoms with Crippen LogP contribution in [0.4, 0.5) is 0 Å². The van der Waals surface area contributed by atoms with E-state index in [4.69, 9.17) is 9.15 Å². The Kier molecular flexibility index (Phi) is 5.38. The first kappa shape index (κ1) is 15.6. The van der Waals surface area contributed by atoms with Crippen LogP contribution in [-0.2, 0) is 20.8 Å². The molecule has 1 saturated heterocycles. The van der Waals surface area contributed by atoms with E-state index >= 15 is 0 Å². The maximum Gasteiger partial charge on any atom is 0.373 e. The van der Waals surface area contributed by atoms with Crippen molar-refractivity contribution in [2.75, 3.05) is 20.8 Å². The van der Waals surface area contributed by atoms with Crippen molar-refractivity contribution in [3.8, 4) is 0 Å². The summed E-state index contributed by atoms with van der Waals surface area (Å²) in [7, 11) is 2.73. The van der Waals surface area contributed by atoms with Crippen LogP contribution in [0, 0.1) is 0 Å². The first-order valence-corrected chi connectivity index (χ1v) is 7.12. The van der Waals surface area contributed by atoms with E-state index in [1.807, 2.05) is 0 Å². The van der Waals surface area contributed by atoms with Gasteiger partial charge in [-0.2, -0.15) is 0 Å². The molecule has 1 unspecified atom stereocenters. The van der Waals surface area contributed by atoms with Crippen molar-refractivity contribution >= 4 is 11.9 Å². The molecule has 0 aliphatic carbocycles. The highest BCUT2D eigenvalue weighted by Gasteiger charge is 2.26. The average Bonchev–Trinajstić information content (AvgIpc) is 2.97. The van der Waals surface area contributed by atoms with Crippen molar-refractivity contribution in [2.45, 2.75) is 38.3 Å². The predicted molar refractivity (Wildman–Crippen MR) is 74.7 cm³/mol. The number of ether oxygens (including phenoxy) is 2. The summed E-state index contributed by atoms with van der Waals surface area (Å²) in [6, 6.07) is 3.55. The van der Waals surface area contributed by atoms with Gasteiger partial charge in [0.1, 0.15) is 5.76 Å². The van der Waals surface area contributed by atoms with E-state index in [2.05, 4.69) is 9.64 Å². The minimum absolute atomic E-state index is 0.165. The van der Waals surface area contributed by atoms with E-state index in [1.54, 1.807) is 12.1 Å². The number of hydrogen-bond acceptors (Lipinski definition) is 6. The predicted octanol–water partition coefficient (Wildman–Crippen LogP) is 1.98. The number of likely N-dealkylation sites (tertiary alicyclic amines) is 1. The Morgan fingerprint density at radius 1 is 1.29 bits per heavy atom. The monoisotopic (exact) mass is 295 g/mol. The van der Waals surface area contributed by atoms with Crippen LogP contribution in [0.3, 0.4) is 0 Å². The molecule has 1 atom stereocenters. The van der Waals surface area contributed by atoms with E-state index in [0.717, 1.165) is 25.8 Å². The van der Waals surface area contributed by atoms with Gasteiger partial charge in [-0.15, -0.1) is 0 Å². The largest absolute Gasteiger partial charge is 0.469 e. The lowest BCUT2D eigenvalue weighted by Crippen LogP contribution is -2.40. The van der Waals surface area contributed by atoms with Crippen molar-refractivity contribution in [1.29, 1.82) is 0 Å². The normalized spacial score (nSPS) is 19.2. The molecule has 1 aromatic heterocycles. The SMILES string of the molecule is COC(=O)CC1CCCCN1Cc1ccc(C(=O)OC)o1. The van der Waals surface area contributed by atoms with E-state index in [9.17, 15) is 9.59 Å². The Bertz CT molecular complexity index is 496. The fourth-order valence-electron chi connectivity index (χ4n) is 2.65. The summed E-state index contributed by atoms with van der Waals surface area (Å²) in [5, 5.41) is 0. The molecule has 6 heteroatoms. The maximum absolute atomic E-state index is 11.5. The highest BCUT2D eigenvalue weighted by atomic mass is 16.5. The zero-order chi connectivity index (χ0) is 15.2. The fourth-order valence-corrected chi connectivity index (χ4v) is 2.65. The number of piperidine rings is 1. The third-order valence-corrected chi connectivity index (χ3v) is 3.79. The van der Waals surface area contributed by atoms with Crippen LogP contribution in [0.25, 0.3) is 0 Å². The van der Waals surface area contributed by atoms with Crippen molar-refractivity contribution in [3.63, 3.8) is 0 Å². The summed E-state index contributed by atoms with van der Waals surface area (Å²) in [6.45, 7) is 1.49. The molecule has 1 fully saturated rings. The minimum atomic E-state index is -0.481. The van der Waals surface area contributed by atoms with E-state index in [1.165, 1.54) is 14.2 Å². The van der Waals surface area contributed by atoms with Gasteiger partial charge in [-0.25, -0.2) is 4.79 Å². The summed E-state index contributed by atoms with van der Waals surface area (Å²) in [6.07, 6.45) is 3.58. The highest BCUT2D eigenvalue weighted by Crippen LogP contribution is 2.23. The van der Waals surface area contributed by atoms with Gasteiger partial charge in [0.2, 0.25) is 5.76 Å². The lowest BCUT2D eigenvalue weighted by molar-refractivity contribution is -0.142. The van der Waals surface area contributed by atoms with Crippen LogP contribution in [-0.4, -0.2) is 43.6 Å². The summed E-state index contributed by atoms with van der Waals surface area (Å²) < 4.78 is 14.9. The van der Waals surface area contributed by atoms with Gasteiger partial charge in [0, 0.05) is 6.04 Å². The van der Waals surface area contributed by atoms with Gasteiger partial charge in [-0.1, -0.05) is 6.42 Å². The highest BCUT2D eigenvalue weighted by molar-refractivity contribution is 5.86. The smallest absolute Gasteiger partial charge is 0.373 e. The first-order valence-electron chi connectivity index (χ1n) is 7.12. The zero-order valence-electron chi connectivity index (χ0n) is 12.5. The second-order valence-corrected chi connectivity index (χ2v) is 5.16. The van der Waals surface area contributed by atoms with Crippen LogP contribution in [0.15, 0.2) is 16.5 Å². The summed E-state index contributed by atoms with van der Waals surface area (Å²) in [4.78, 5) is 25.1. The standard InChI is InChI=1S/C15H21NO5/c1-19-14(17)9-11-5-3-4-8-16(11)10-12-6-7-13(21-12)15(18)20-2/h6-7,11H,3-5,8-10H2,1-2H3. The molecule has 0 aromatic carbocycles. The molecule has 1 aromatic rings. The van der Waals surface area contributed by atoms with Gasteiger partial charge < -0.3 is 13.9 Å². The minimum Gasteiger partial charge on any atom is -0.469 e. The van der Waals surface area contributed by atoms with E-state index in [-0.39, 0.29) is 17.8 Å². The van der Waals surface area contributed by atoms with Crippen LogP contribution in [0.2, 0.25) is 0 Å². The van der Waals surface area contributed by atoms with Crippen LogP contribution >= 0.6 is 0 Å². The molecule has 0 amide bonds. The summed E-state index contributed by atoms with van der Waals surface area (Å²) in [5.74, 6) is 0.230. The Balaban J connectivity index is 2.00. The maximum atomic E-state index is 11.5. The molecular formula is C15H21NO5. The number of methoxy groups -OCH3 is 2. The molecule has 2 heterocycles. The van der Waals surface area contributed by atoms with Crippen LogP contribution < -0.4 is 0 Å². The molecule has 0 spiro atoms. The van der Waals surface area contributed by atoms with E-state index in [0.29, 0.717) is 18.7 Å². The first-order chi connectivity index (χ1) is 10.1. The lowest BCUT2D eigenvalue weighted by atomic mass is 9.99. The van der Waals surface area contributed by atoms with Crippen molar-refractivity contribution in [3.05, 3.63) is 23.7 Å². The number of esters is 2. The summed E-state index contributed by atoms with van der Waals surface area (Å²) >= 11 is 0. The Morgan fingerprint density at radius 3 is 2.81 bits per heavy atom. The van der Waals surface area contributed by atoms with Gasteiger partial charge >= 0.3 is 11.9 Å². The summed E-state index contributed by atoms with van der Waals surface area (Å²) in [5.41, 5.74) is 0. The molecule has 2 rings (SSSR count). The van der Waals surface area contributed by atoms with Gasteiger partial charge in [-0.05, 0) is 31.5 Å². The molecule has 116 valence electrons. The lowest BCUT2D eigenvalue weighted by Gasteiger charge is -2.34. The third-order valence-electron chi connectivity index (χ3n) is 3.79. The molecule has 0 saturated carbocycles. The Hall–Kier alpha value is -1.82. The van der Waals surface area contributed by atoms with E-state index < -0.39 is 5.97 Å². The molecule has 6 nitrogen and oxygen atoms in total. The van der Waals surface area contributed by atoms with Crippen molar-refractivity contribution < 1.29 is 23.5 Å². The van der Waals surface area contributed by atoms with Gasteiger partial charge in [0.15, 0.2) is 0 Å². The number of carbonyl (C=O) groups excluding carboxylic acids is 2. The number of nitrogens with zero attached hydrogens (tertiary/aromatic N) is 1. The van der Waals surface area contributed by atoms with Gasteiger partial charge in [0.25, 0.3) is 0 Å². The van der Waals surface area contributed by atoms with Crippen LogP contribution in [0.5, 0.6) is 0 Å². The van der Waals surface area contributed by atoms with Crippen molar-refractivity contribution in [1.82, 2.24) is 4.90 Å². The molecule has 0 radical (unpaired) electrons. The topological polar surface area (TPSA) is 69.0 Å². The van der Waals surface area contributed by atoms with Gasteiger partial charge in [0.05, 0.1) is 27.2 Å². The van der Waals surface area contributed by atoms with Gasteiger partial charge in [-0.3, -0.25) is 9.69 Å². The fraction of sp³-hybridized carbons (Fsp3) is 0.600.